The summed E-state index contributed by atoms with van der Waals surface area (Å²) in [5.41, 5.74) is -0.616. The van der Waals surface area contributed by atoms with Crippen LogP contribution in [0.3, 0.4) is 0 Å². The maximum atomic E-state index is 11.6. The molecule has 0 heterocycles. The van der Waals surface area contributed by atoms with Gasteiger partial charge in [-0.3, -0.25) is 4.79 Å². The molecule has 2 heteroatoms. The minimum atomic E-state index is -0.616. The van der Waals surface area contributed by atoms with E-state index in [1.54, 1.807) is 0 Å². The first-order valence-electron chi connectivity index (χ1n) is 5.09. The van der Waals surface area contributed by atoms with Crippen molar-refractivity contribution in [1.29, 1.82) is 5.26 Å². The Labute approximate surface area is 79.9 Å². The highest BCUT2D eigenvalue weighted by atomic mass is 16.1. The molecule has 1 saturated carbocycles. The second-order valence-electron chi connectivity index (χ2n) is 4.19. The van der Waals surface area contributed by atoms with E-state index in [-0.39, 0.29) is 5.78 Å². The Morgan fingerprint density at radius 2 is 2.38 bits per heavy atom. The molecule has 1 aliphatic rings. The van der Waals surface area contributed by atoms with Gasteiger partial charge in [0.1, 0.15) is 5.41 Å². The Balaban J connectivity index is 2.71. The predicted molar refractivity (Wildman–Crippen MR) is 51.0 cm³/mol. The van der Waals surface area contributed by atoms with Crippen LogP contribution >= 0.6 is 0 Å². The molecule has 0 radical (unpaired) electrons. The standard InChI is InChI=1S/C11H17NO/c1-3-9(2)7-11(8-12)6-4-5-10(11)13/h9H,3-7H2,1-2H3. The van der Waals surface area contributed by atoms with Gasteiger partial charge in [-0.2, -0.15) is 5.26 Å². The smallest absolute Gasteiger partial charge is 0.153 e. The Hall–Kier alpha value is -0.840. The van der Waals surface area contributed by atoms with Gasteiger partial charge in [0, 0.05) is 6.42 Å². The molecule has 1 fully saturated rings. The monoisotopic (exact) mass is 179 g/mol. The highest BCUT2D eigenvalue weighted by molar-refractivity contribution is 5.89. The fourth-order valence-electron chi connectivity index (χ4n) is 2.05. The maximum absolute atomic E-state index is 11.6. The third kappa shape index (κ3) is 1.91. The van der Waals surface area contributed by atoms with Gasteiger partial charge in [-0.15, -0.1) is 0 Å². The number of carbonyl (C=O) groups is 1. The van der Waals surface area contributed by atoms with E-state index in [4.69, 9.17) is 5.26 Å². The summed E-state index contributed by atoms with van der Waals surface area (Å²) in [5.74, 6) is 0.664. The first-order valence-corrected chi connectivity index (χ1v) is 5.09. The lowest BCUT2D eigenvalue weighted by molar-refractivity contribution is -0.124. The molecule has 1 aliphatic carbocycles. The maximum Gasteiger partial charge on any atom is 0.153 e. The van der Waals surface area contributed by atoms with E-state index < -0.39 is 5.41 Å². The lowest BCUT2D eigenvalue weighted by atomic mass is 9.78. The molecule has 0 amide bonds. The van der Waals surface area contributed by atoms with E-state index in [1.165, 1.54) is 0 Å². The molecule has 0 aromatic rings. The van der Waals surface area contributed by atoms with Gasteiger partial charge >= 0.3 is 0 Å². The van der Waals surface area contributed by atoms with Crippen molar-refractivity contribution in [1.82, 2.24) is 0 Å². The summed E-state index contributed by atoms with van der Waals surface area (Å²) in [6, 6.07) is 2.24. The van der Waals surface area contributed by atoms with Gasteiger partial charge in [-0.25, -0.2) is 0 Å². The molecule has 0 aromatic carbocycles. The van der Waals surface area contributed by atoms with Crippen LogP contribution in [0, 0.1) is 22.7 Å². The zero-order chi connectivity index (χ0) is 9.90. The largest absolute Gasteiger partial charge is 0.298 e. The fraction of sp³-hybridized carbons (Fsp3) is 0.818. The van der Waals surface area contributed by atoms with Crippen LogP contribution in [0.5, 0.6) is 0 Å². The SMILES string of the molecule is CCC(C)CC1(C#N)CCCC1=O. The Morgan fingerprint density at radius 1 is 1.69 bits per heavy atom. The zero-order valence-electron chi connectivity index (χ0n) is 8.47. The number of carbonyl (C=O) groups excluding carboxylic acids is 1. The van der Waals surface area contributed by atoms with E-state index >= 15 is 0 Å². The Kier molecular flexibility index (Phi) is 3.08. The summed E-state index contributed by atoms with van der Waals surface area (Å²) in [5, 5.41) is 9.06. The number of Topliss-reactive ketones (excluding diaryl/α,β-unsaturated/α-hetero) is 1. The van der Waals surface area contributed by atoms with E-state index in [0.717, 1.165) is 25.7 Å². The number of nitrogens with zero attached hydrogens (tertiary/aromatic N) is 1. The lowest BCUT2D eigenvalue weighted by Gasteiger charge is -2.21. The van der Waals surface area contributed by atoms with E-state index in [2.05, 4.69) is 19.9 Å². The number of hydrogen-bond acceptors (Lipinski definition) is 2. The second-order valence-corrected chi connectivity index (χ2v) is 4.19. The average Bonchev–Trinajstić information content (AvgIpc) is 2.48. The molecule has 72 valence electrons. The number of ketones is 1. The highest BCUT2D eigenvalue weighted by Crippen LogP contribution is 2.40. The first-order chi connectivity index (χ1) is 6.14. The normalized spacial score (nSPS) is 30.1. The van der Waals surface area contributed by atoms with Crippen LogP contribution in [0.1, 0.15) is 46.0 Å². The molecule has 0 aliphatic heterocycles. The summed E-state index contributed by atoms with van der Waals surface area (Å²) < 4.78 is 0. The van der Waals surface area contributed by atoms with Crippen molar-refractivity contribution in [3.63, 3.8) is 0 Å². The quantitative estimate of drug-likeness (QED) is 0.668. The van der Waals surface area contributed by atoms with Gasteiger partial charge in [0.25, 0.3) is 0 Å². The summed E-state index contributed by atoms with van der Waals surface area (Å²) in [6.45, 7) is 4.22. The summed E-state index contributed by atoms with van der Waals surface area (Å²) in [4.78, 5) is 11.6. The number of hydrogen-bond donors (Lipinski definition) is 0. The summed E-state index contributed by atoms with van der Waals surface area (Å²) >= 11 is 0. The molecule has 0 aromatic heterocycles. The molecular formula is C11H17NO. The van der Waals surface area contributed by atoms with Crippen molar-refractivity contribution >= 4 is 5.78 Å². The van der Waals surface area contributed by atoms with Crippen molar-refractivity contribution in [2.24, 2.45) is 11.3 Å². The molecular weight excluding hydrogens is 162 g/mol. The Morgan fingerprint density at radius 3 is 2.77 bits per heavy atom. The number of nitriles is 1. The molecule has 0 N–H and O–H groups in total. The first kappa shape index (κ1) is 10.2. The van der Waals surface area contributed by atoms with Crippen molar-refractivity contribution in [2.45, 2.75) is 46.0 Å². The van der Waals surface area contributed by atoms with Crippen molar-refractivity contribution in [2.75, 3.05) is 0 Å². The zero-order valence-corrected chi connectivity index (χ0v) is 8.47. The van der Waals surface area contributed by atoms with E-state index in [1.807, 2.05) is 0 Å². The van der Waals surface area contributed by atoms with Gasteiger partial charge in [0.15, 0.2) is 5.78 Å². The van der Waals surface area contributed by atoms with Crippen LogP contribution in [0.4, 0.5) is 0 Å². The average molecular weight is 179 g/mol. The fourth-order valence-corrected chi connectivity index (χ4v) is 2.05. The predicted octanol–water partition coefficient (Wildman–Crippen LogP) is 2.69. The van der Waals surface area contributed by atoms with Gasteiger partial charge in [-0.1, -0.05) is 20.3 Å². The van der Waals surface area contributed by atoms with Crippen LogP contribution in [-0.2, 0) is 4.79 Å². The van der Waals surface area contributed by atoms with Crippen LogP contribution < -0.4 is 0 Å². The van der Waals surface area contributed by atoms with Gasteiger partial charge in [0.2, 0.25) is 0 Å². The van der Waals surface area contributed by atoms with Crippen molar-refractivity contribution < 1.29 is 4.79 Å². The van der Waals surface area contributed by atoms with Crippen LogP contribution in [0.2, 0.25) is 0 Å². The molecule has 2 nitrogen and oxygen atoms in total. The van der Waals surface area contributed by atoms with Gasteiger partial charge in [0.05, 0.1) is 6.07 Å². The molecule has 1 rings (SSSR count). The summed E-state index contributed by atoms with van der Waals surface area (Å²) in [6.07, 6.45) is 4.12. The van der Waals surface area contributed by atoms with Crippen molar-refractivity contribution in [3.05, 3.63) is 0 Å². The summed E-state index contributed by atoms with van der Waals surface area (Å²) in [7, 11) is 0. The van der Waals surface area contributed by atoms with Crippen LogP contribution in [0.25, 0.3) is 0 Å². The Bertz CT molecular complexity index is 241. The van der Waals surface area contributed by atoms with E-state index in [0.29, 0.717) is 12.3 Å². The molecule has 2 atom stereocenters. The minimum absolute atomic E-state index is 0.176. The molecule has 0 spiro atoms. The molecule has 13 heavy (non-hydrogen) atoms. The third-order valence-corrected chi connectivity index (χ3v) is 3.15. The number of rotatable bonds is 3. The second kappa shape index (κ2) is 3.91. The van der Waals surface area contributed by atoms with Gasteiger partial charge in [-0.05, 0) is 25.2 Å². The van der Waals surface area contributed by atoms with Crippen LogP contribution in [-0.4, -0.2) is 5.78 Å². The molecule has 0 bridgehead atoms. The molecule has 2 unspecified atom stereocenters. The third-order valence-electron chi connectivity index (χ3n) is 3.15. The lowest BCUT2D eigenvalue weighted by Crippen LogP contribution is -2.26. The van der Waals surface area contributed by atoms with Gasteiger partial charge < -0.3 is 0 Å². The van der Waals surface area contributed by atoms with Crippen LogP contribution in [0.15, 0.2) is 0 Å². The highest BCUT2D eigenvalue weighted by Gasteiger charge is 2.42. The van der Waals surface area contributed by atoms with E-state index in [9.17, 15) is 4.79 Å². The molecule has 0 saturated heterocycles. The minimum Gasteiger partial charge on any atom is -0.298 e. The van der Waals surface area contributed by atoms with Crippen molar-refractivity contribution in [3.8, 4) is 6.07 Å². The topological polar surface area (TPSA) is 40.9 Å².